The van der Waals surface area contributed by atoms with Crippen molar-refractivity contribution in [1.29, 1.82) is 0 Å². The van der Waals surface area contributed by atoms with Crippen molar-refractivity contribution in [3.63, 3.8) is 0 Å². The zero-order valence-electron chi connectivity index (χ0n) is 9.71. The SMILES string of the molecule is Nc1cccc(C(=O)NC2CCCCC2)c1Cl. The third-order valence-corrected chi connectivity index (χ3v) is 3.64. The van der Waals surface area contributed by atoms with Crippen molar-refractivity contribution in [3.8, 4) is 0 Å². The van der Waals surface area contributed by atoms with Gasteiger partial charge in [-0.1, -0.05) is 36.9 Å². The molecule has 0 bridgehead atoms. The van der Waals surface area contributed by atoms with E-state index in [9.17, 15) is 4.79 Å². The Hall–Kier alpha value is -1.22. The highest BCUT2D eigenvalue weighted by molar-refractivity contribution is 6.36. The molecule has 1 aromatic carbocycles. The van der Waals surface area contributed by atoms with Crippen LogP contribution in [0, 0.1) is 0 Å². The highest BCUT2D eigenvalue weighted by atomic mass is 35.5. The Morgan fingerprint density at radius 3 is 2.71 bits per heavy atom. The Morgan fingerprint density at radius 1 is 1.29 bits per heavy atom. The molecule has 1 amide bonds. The van der Waals surface area contributed by atoms with Crippen molar-refractivity contribution < 1.29 is 4.79 Å². The van der Waals surface area contributed by atoms with Crippen molar-refractivity contribution in [2.24, 2.45) is 0 Å². The fourth-order valence-electron chi connectivity index (χ4n) is 2.24. The number of benzene rings is 1. The minimum atomic E-state index is -0.116. The van der Waals surface area contributed by atoms with Crippen molar-refractivity contribution in [2.45, 2.75) is 38.1 Å². The first kappa shape index (κ1) is 12.2. The molecular formula is C13H17ClN2O. The van der Waals surface area contributed by atoms with E-state index in [2.05, 4.69) is 5.32 Å². The molecule has 0 heterocycles. The first-order valence-corrected chi connectivity index (χ1v) is 6.41. The molecular weight excluding hydrogens is 236 g/mol. The Balaban J connectivity index is 2.06. The normalized spacial score (nSPS) is 16.8. The molecule has 1 fully saturated rings. The quantitative estimate of drug-likeness (QED) is 0.795. The lowest BCUT2D eigenvalue weighted by atomic mass is 9.95. The van der Waals surface area contributed by atoms with E-state index in [-0.39, 0.29) is 11.9 Å². The van der Waals surface area contributed by atoms with Gasteiger partial charge in [-0.05, 0) is 25.0 Å². The van der Waals surface area contributed by atoms with Crippen LogP contribution in [0.25, 0.3) is 0 Å². The van der Waals surface area contributed by atoms with Crippen LogP contribution in [0.4, 0.5) is 5.69 Å². The van der Waals surface area contributed by atoms with E-state index in [1.165, 1.54) is 19.3 Å². The number of rotatable bonds is 2. The van der Waals surface area contributed by atoms with Crippen molar-refractivity contribution in [3.05, 3.63) is 28.8 Å². The van der Waals surface area contributed by atoms with Gasteiger partial charge in [-0.25, -0.2) is 0 Å². The first-order valence-electron chi connectivity index (χ1n) is 6.03. The largest absolute Gasteiger partial charge is 0.398 e. The molecule has 2 rings (SSSR count). The minimum absolute atomic E-state index is 0.116. The summed E-state index contributed by atoms with van der Waals surface area (Å²) < 4.78 is 0. The highest BCUT2D eigenvalue weighted by Gasteiger charge is 2.18. The van der Waals surface area contributed by atoms with E-state index in [1.54, 1.807) is 18.2 Å². The summed E-state index contributed by atoms with van der Waals surface area (Å²) in [6.07, 6.45) is 5.77. The predicted octanol–water partition coefficient (Wildman–Crippen LogP) is 2.98. The number of amides is 1. The van der Waals surface area contributed by atoms with Gasteiger partial charge >= 0.3 is 0 Å². The summed E-state index contributed by atoms with van der Waals surface area (Å²) in [6, 6.07) is 5.43. The lowest BCUT2D eigenvalue weighted by Crippen LogP contribution is -2.36. The molecule has 17 heavy (non-hydrogen) atoms. The average molecular weight is 253 g/mol. The van der Waals surface area contributed by atoms with Crippen LogP contribution in [0.15, 0.2) is 18.2 Å². The smallest absolute Gasteiger partial charge is 0.253 e. The van der Waals surface area contributed by atoms with E-state index in [0.717, 1.165) is 12.8 Å². The average Bonchev–Trinajstić information content (AvgIpc) is 2.34. The van der Waals surface area contributed by atoms with Crippen molar-refractivity contribution >= 4 is 23.2 Å². The standard InChI is InChI=1S/C13H17ClN2O/c14-12-10(7-4-8-11(12)15)13(17)16-9-5-2-1-3-6-9/h4,7-9H,1-3,5-6,15H2,(H,16,17). The number of hydrogen-bond donors (Lipinski definition) is 2. The second-order valence-electron chi connectivity index (χ2n) is 4.52. The van der Waals surface area contributed by atoms with Crippen LogP contribution in [0.5, 0.6) is 0 Å². The van der Waals surface area contributed by atoms with Gasteiger partial charge in [-0.15, -0.1) is 0 Å². The second-order valence-corrected chi connectivity index (χ2v) is 4.90. The van der Waals surface area contributed by atoms with Crippen LogP contribution in [0.1, 0.15) is 42.5 Å². The van der Waals surface area contributed by atoms with Crippen molar-refractivity contribution in [2.75, 3.05) is 5.73 Å². The van der Waals surface area contributed by atoms with Gasteiger partial charge in [-0.2, -0.15) is 0 Å². The summed E-state index contributed by atoms with van der Waals surface area (Å²) in [6.45, 7) is 0. The summed E-state index contributed by atoms with van der Waals surface area (Å²) in [5.41, 5.74) is 6.60. The Labute approximate surface area is 106 Å². The summed E-state index contributed by atoms with van der Waals surface area (Å²) >= 11 is 6.02. The third kappa shape index (κ3) is 2.91. The number of carbonyl (C=O) groups is 1. The van der Waals surface area contributed by atoms with Crippen LogP contribution in [0.3, 0.4) is 0 Å². The minimum Gasteiger partial charge on any atom is -0.398 e. The Morgan fingerprint density at radius 2 is 2.00 bits per heavy atom. The molecule has 0 aliphatic heterocycles. The monoisotopic (exact) mass is 252 g/mol. The molecule has 1 aliphatic carbocycles. The molecule has 92 valence electrons. The predicted molar refractivity (Wildman–Crippen MR) is 70.2 cm³/mol. The molecule has 1 saturated carbocycles. The van der Waals surface area contributed by atoms with Gasteiger partial charge in [0.15, 0.2) is 0 Å². The summed E-state index contributed by atoms with van der Waals surface area (Å²) in [4.78, 5) is 12.0. The van der Waals surface area contributed by atoms with Crippen molar-refractivity contribution in [1.82, 2.24) is 5.32 Å². The van der Waals surface area contributed by atoms with Crippen LogP contribution < -0.4 is 11.1 Å². The molecule has 4 heteroatoms. The molecule has 1 aromatic rings. The van der Waals surface area contributed by atoms with E-state index in [4.69, 9.17) is 17.3 Å². The summed E-state index contributed by atoms with van der Waals surface area (Å²) in [5, 5.41) is 3.37. The molecule has 0 saturated heterocycles. The van der Waals surface area contributed by atoms with E-state index < -0.39 is 0 Å². The number of nitrogen functional groups attached to an aromatic ring is 1. The maximum absolute atomic E-state index is 12.0. The van der Waals surface area contributed by atoms with Crippen LogP contribution in [0.2, 0.25) is 5.02 Å². The molecule has 3 nitrogen and oxygen atoms in total. The number of nitrogens with two attached hydrogens (primary N) is 1. The first-order chi connectivity index (χ1) is 8.18. The Kier molecular flexibility index (Phi) is 3.89. The number of anilines is 1. The van der Waals surface area contributed by atoms with Gasteiger partial charge in [0, 0.05) is 6.04 Å². The lowest BCUT2D eigenvalue weighted by molar-refractivity contribution is 0.0928. The van der Waals surface area contributed by atoms with E-state index >= 15 is 0 Å². The molecule has 0 aromatic heterocycles. The number of hydrogen-bond acceptors (Lipinski definition) is 2. The van der Waals surface area contributed by atoms with Gasteiger partial charge in [0.05, 0.1) is 16.3 Å². The third-order valence-electron chi connectivity index (χ3n) is 3.21. The van der Waals surface area contributed by atoms with Crippen LogP contribution in [-0.4, -0.2) is 11.9 Å². The molecule has 0 spiro atoms. The lowest BCUT2D eigenvalue weighted by Gasteiger charge is -2.23. The highest BCUT2D eigenvalue weighted by Crippen LogP contribution is 2.24. The summed E-state index contributed by atoms with van der Waals surface area (Å²) in [5.74, 6) is -0.116. The maximum atomic E-state index is 12.0. The zero-order valence-corrected chi connectivity index (χ0v) is 10.5. The van der Waals surface area contributed by atoms with Gasteiger partial charge in [0.1, 0.15) is 0 Å². The molecule has 1 aliphatic rings. The number of halogens is 1. The maximum Gasteiger partial charge on any atom is 0.253 e. The van der Waals surface area contributed by atoms with E-state index in [1.807, 2.05) is 0 Å². The van der Waals surface area contributed by atoms with Gasteiger partial charge < -0.3 is 11.1 Å². The number of nitrogens with one attached hydrogen (secondary N) is 1. The molecule has 3 N–H and O–H groups in total. The number of carbonyl (C=O) groups excluding carboxylic acids is 1. The van der Waals surface area contributed by atoms with Crippen LogP contribution >= 0.6 is 11.6 Å². The second kappa shape index (κ2) is 5.41. The fraction of sp³-hybridized carbons (Fsp3) is 0.462. The van der Waals surface area contributed by atoms with Gasteiger partial charge in [0.25, 0.3) is 5.91 Å². The van der Waals surface area contributed by atoms with Gasteiger partial charge in [0.2, 0.25) is 0 Å². The molecule has 0 radical (unpaired) electrons. The van der Waals surface area contributed by atoms with Gasteiger partial charge in [-0.3, -0.25) is 4.79 Å². The Bertz CT molecular complexity index is 414. The topological polar surface area (TPSA) is 55.1 Å². The molecule has 0 unspecified atom stereocenters. The zero-order chi connectivity index (χ0) is 12.3. The molecule has 0 atom stereocenters. The summed E-state index contributed by atoms with van der Waals surface area (Å²) in [7, 11) is 0. The fourth-order valence-corrected chi connectivity index (χ4v) is 2.45. The van der Waals surface area contributed by atoms with E-state index in [0.29, 0.717) is 16.3 Å². The van der Waals surface area contributed by atoms with Crippen LogP contribution in [-0.2, 0) is 0 Å².